The molecule has 2 unspecified atom stereocenters. The van der Waals surface area contributed by atoms with Gasteiger partial charge in [-0.05, 0) is 45.7 Å². The first kappa shape index (κ1) is 29.8. The van der Waals surface area contributed by atoms with Gasteiger partial charge in [-0.3, -0.25) is 4.79 Å². The second-order valence-corrected chi connectivity index (χ2v) is 7.60. The van der Waals surface area contributed by atoms with Gasteiger partial charge in [-0.15, -0.1) is 12.4 Å². The average molecular weight is 425 g/mol. The van der Waals surface area contributed by atoms with Crippen molar-refractivity contribution in [2.24, 2.45) is 5.73 Å². The number of ether oxygens (including phenoxy) is 1. The summed E-state index contributed by atoms with van der Waals surface area (Å²) >= 11 is 0. The number of hydrogen-bond acceptors (Lipinski definition) is 5. The predicted octanol–water partition coefficient (Wildman–Crippen LogP) is 3.88. The molecule has 0 rings (SSSR count). The number of carboxylic acid groups (broad SMARTS) is 1. The second-order valence-electron chi connectivity index (χ2n) is 7.60. The second kappa shape index (κ2) is 21.3. The Labute approximate surface area is 178 Å². The van der Waals surface area contributed by atoms with Crippen LogP contribution in [0.2, 0.25) is 0 Å². The highest BCUT2D eigenvalue weighted by atomic mass is 35.5. The van der Waals surface area contributed by atoms with Crippen molar-refractivity contribution in [3.8, 4) is 0 Å². The maximum atomic E-state index is 10.6. The SMILES string of the molecule is CCCCCCCCCC(OCCCNCCCC[C@H](N)C(=O)O)C(C)O.Cl. The number of carbonyl (C=O) groups is 1. The van der Waals surface area contributed by atoms with E-state index in [4.69, 9.17) is 15.6 Å². The van der Waals surface area contributed by atoms with Gasteiger partial charge in [-0.2, -0.15) is 0 Å². The first-order chi connectivity index (χ1) is 13.0. The van der Waals surface area contributed by atoms with Crippen molar-refractivity contribution in [1.29, 1.82) is 0 Å². The molecule has 7 heteroatoms. The van der Waals surface area contributed by atoms with Crippen molar-refractivity contribution in [1.82, 2.24) is 5.32 Å². The topological polar surface area (TPSA) is 105 Å². The molecule has 0 aliphatic rings. The van der Waals surface area contributed by atoms with Gasteiger partial charge in [0.05, 0.1) is 12.2 Å². The van der Waals surface area contributed by atoms with Gasteiger partial charge in [0, 0.05) is 6.61 Å². The van der Waals surface area contributed by atoms with Crippen molar-refractivity contribution in [2.75, 3.05) is 19.7 Å². The fourth-order valence-corrected chi connectivity index (χ4v) is 3.06. The van der Waals surface area contributed by atoms with Gasteiger partial charge in [0.2, 0.25) is 0 Å². The van der Waals surface area contributed by atoms with E-state index in [2.05, 4.69) is 12.2 Å². The quantitative estimate of drug-likeness (QED) is 0.221. The smallest absolute Gasteiger partial charge is 0.320 e. The number of aliphatic carboxylic acids is 1. The Morgan fingerprint density at radius 3 is 2.14 bits per heavy atom. The summed E-state index contributed by atoms with van der Waals surface area (Å²) in [6, 6.07) is -0.743. The molecule has 0 fully saturated rings. The van der Waals surface area contributed by atoms with Crippen LogP contribution in [0.15, 0.2) is 0 Å². The molecular formula is C21H45ClN2O4. The molecule has 0 aromatic heterocycles. The summed E-state index contributed by atoms with van der Waals surface area (Å²) in [5.41, 5.74) is 5.46. The minimum atomic E-state index is -0.927. The number of nitrogens with one attached hydrogen (secondary N) is 1. The molecular weight excluding hydrogens is 380 g/mol. The molecule has 3 atom stereocenters. The number of rotatable bonds is 20. The summed E-state index contributed by atoms with van der Waals surface area (Å²) in [5.74, 6) is -0.927. The normalized spacial score (nSPS) is 14.3. The Morgan fingerprint density at radius 1 is 0.964 bits per heavy atom. The summed E-state index contributed by atoms with van der Waals surface area (Å²) < 4.78 is 5.86. The largest absolute Gasteiger partial charge is 0.480 e. The average Bonchev–Trinajstić information content (AvgIpc) is 2.63. The van der Waals surface area contributed by atoms with E-state index in [0.29, 0.717) is 13.0 Å². The number of unbranched alkanes of at least 4 members (excludes halogenated alkanes) is 7. The van der Waals surface area contributed by atoms with Crippen molar-refractivity contribution in [3.63, 3.8) is 0 Å². The zero-order valence-electron chi connectivity index (χ0n) is 18.0. The van der Waals surface area contributed by atoms with E-state index < -0.39 is 18.1 Å². The minimum absolute atomic E-state index is 0. The van der Waals surface area contributed by atoms with Gasteiger partial charge in [0.1, 0.15) is 6.04 Å². The molecule has 0 saturated heterocycles. The van der Waals surface area contributed by atoms with Gasteiger partial charge in [0.15, 0.2) is 0 Å². The third-order valence-corrected chi connectivity index (χ3v) is 4.90. The third kappa shape index (κ3) is 18.9. The van der Waals surface area contributed by atoms with E-state index >= 15 is 0 Å². The fraction of sp³-hybridized carbons (Fsp3) is 0.952. The lowest BCUT2D eigenvalue weighted by Gasteiger charge is -2.20. The first-order valence-electron chi connectivity index (χ1n) is 11.0. The van der Waals surface area contributed by atoms with Crippen molar-refractivity contribution >= 4 is 18.4 Å². The number of hydrogen-bond donors (Lipinski definition) is 4. The zero-order valence-corrected chi connectivity index (χ0v) is 18.9. The summed E-state index contributed by atoms with van der Waals surface area (Å²) in [7, 11) is 0. The van der Waals surface area contributed by atoms with Crippen LogP contribution < -0.4 is 11.1 Å². The molecule has 5 N–H and O–H groups in total. The van der Waals surface area contributed by atoms with E-state index in [-0.39, 0.29) is 18.5 Å². The van der Waals surface area contributed by atoms with Crippen LogP contribution >= 0.6 is 12.4 Å². The predicted molar refractivity (Wildman–Crippen MR) is 118 cm³/mol. The lowest BCUT2D eigenvalue weighted by molar-refractivity contribution is -0.138. The van der Waals surface area contributed by atoms with Gasteiger partial charge in [0.25, 0.3) is 0 Å². The Morgan fingerprint density at radius 2 is 1.54 bits per heavy atom. The van der Waals surface area contributed by atoms with Crippen molar-refractivity contribution in [3.05, 3.63) is 0 Å². The highest BCUT2D eigenvalue weighted by Crippen LogP contribution is 2.13. The Hall–Kier alpha value is -0.400. The molecule has 0 aromatic carbocycles. The van der Waals surface area contributed by atoms with Crippen LogP contribution in [0, 0.1) is 0 Å². The van der Waals surface area contributed by atoms with Crippen LogP contribution in [0.3, 0.4) is 0 Å². The van der Waals surface area contributed by atoms with Gasteiger partial charge in [-0.1, -0.05) is 58.3 Å². The molecule has 0 saturated carbocycles. The first-order valence-corrected chi connectivity index (χ1v) is 11.0. The molecule has 6 nitrogen and oxygen atoms in total. The highest BCUT2D eigenvalue weighted by Gasteiger charge is 2.14. The van der Waals surface area contributed by atoms with E-state index in [9.17, 15) is 9.90 Å². The van der Waals surface area contributed by atoms with Gasteiger partial charge in [-0.25, -0.2) is 0 Å². The number of aliphatic hydroxyl groups is 1. The standard InChI is InChI=1S/C21H44N2O4.ClH/c1-3-4-5-6-7-8-9-14-20(18(2)24)27-17-12-16-23-15-11-10-13-19(22)21(25)26;/h18-20,23-24H,3-17,22H2,1-2H3,(H,25,26);1H/t18?,19-,20?;/m0./s1. The Balaban J connectivity index is 0. The summed E-state index contributed by atoms with van der Waals surface area (Å²) in [6.45, 7) is 6.44. The maximum Gasteiger partial charge on any atom is 0.320 e. The van der Waals surface area contributed by atoms with Crippen LogP contribution in [0.4, 0.5) is 0 Å². The van der Waals surface area contributed by atoms with Gasteiger partial charge < -0.3 is 26.0 Å². The Bertz CT molecular complexity index is 346. The number of aliphatic hydroxyl groups excluding tert-OH is 1. The molecule has 0 aliphatic heterocycles. The molecule has 170 valence electrons. The third-order valence-electron chi connectivity index (χ3n) is 4.90. The lowest BCUT2D eigenvalue weighted by Crippen LogP contribution is -2.30. The van der Waals surface area contributed by atoms with E-state index in [0.717, 1.165) is 45.2 Å². The summed E-state index contributed by atoms with van der Waals surface area (Å²) in [5, 5.41) is 21.9. The van der Waals surface area contributed by atoms with Crippen LogP contribution in [-0.4, -0.2) is 54.1 Å². The Kier molecular flexibility index (Phi) is 22.7. The van der Waals surface area contributed by atoms with Crippen LogP contribution in [0.5, 0.6) is 0 Å². The van der Waals surface area contributed by atoms with Gasteiger partial charge >= 0.3 is 5.97 Å². The van der Waals surface area contributed by atoms with E-state index in [1.807, 2.05) is 6.92 Å². The molecule has 0 bridgehead atoms. The molecule has 0 amide bonds. The van der Waals surface area contributed by atoms with Crippen LogP contribution in [0.1, 0.15) is 90.9 Å². The van der Waals surface area contributed by atoms with Crippen molar-refractivity contribution < 1.29 is 19.7 Å². The molecule has 0 aliphatic carbocycles. The summed E-state index contributed by atoms with van der Waals surface area (Å²) in [4.78, 5) is 10.6. The monoisotopic (exact) mass is 424 g/mol. The van der Waals surface area contributed by atoms with Crippen LogP contribution in [-0.2, 0) is 9.53 Å². The molecule has 0 radical (unpaired) electrons. The zero-order chi connectivity index (χ0) is 20.3. The summed E-state index contributed by atoms with van der Waals surface area (Å²) in [6.07, 6.45) is 12.6. The van der Waals surface area contributed by atoms with Crippen LogP contribution in [0.25, 0.3) is 0 Å². The number of halogens is 1. The molecule has 0 spiro atoms. The molecule has 0 aromatic rings. The highest BCUT2D eigenvalue weighted by molar-refractivity contribution is 5.85. The number of nitrogens with two attached hydrogens (primary N) is 1. The van der Waals surface area contributed by atoms with E-state index in [1.165, 1.54) is 38.5 Å². The fourth-order valence-electron chi connectivity index (χ4n) is 3.06. The molecule has 0 heterocycles. The molecule has 28 heavy (non-hydrogen) atoms. The van der Waals surface area contributed by atoms with Crippen molar-refractivity contribution in [2.45, 2.75) is 109 Å². The minimum Gasteiger partial charge on any atom is -0.480 e. The maximum absolute atomic E-state index is 10.6. The lowest BCUT2D eigenvalue weighted by atomic mass is 10.0. The van der Waals surface area contributed by atoms with E-state index in [1.54, 1.807) is 0 Å². The number of carboxylic acids is 1.